The molecule has 0 radical (unpaired) electrons. The number of aliphatic hydroxyl groups excluding tert-OH is 1. The number of aliphatic hydroxyl groups is 2. The zero-order valence-electron chi connectivity index (χ0n) is 11.7. The lowest BCUT2D eigenvalue weighted by molar-refractivity contribution is -0.0435. The topological polar surface area (TPSA) is 40.5 Å². The van der Waals surface area contributed by atoms with Gasteiger partial charge < -0.3 is 10.2 Å². The number of hydrogen-bond acceptors (Lipinski definition) is 2. The Labute approximate surface area is 123 Å². The van der Waals surface area contributed by atoms with Crippen LogP contribution in [-0.2, 0) is 5.60 Å². The summed E-state index contributed by atoms with van der Waals surface area (Å²) in [4.78, 5) is 0. The number of fused-ring (bicyclic) bond motifs is 4. The van der Waals surface area contributed by atoms with Crippen LogP contribution in [0.2, 0.25) is 0 Å². The lowest BCUT2D eigenvalue weighted by Gasteiger charge is -2.32. The standard InChI is InChI=1S/C19H16O2/c1-19(21)17-11-13-7-6-12-4-2-3-5-15(12)16(13)10-14(17)8-9-18(19)20/h2-11,18,20-21H,1H3. The average Bonchev–Trinajstić information content (AvgIpc) is 2.50. The maximum atomic E-state index is 10.6. The molecule has 104 valence electrons. The second-order valence-corrected chi connectivity index (χ2v) is 5.90. The molecule has 0 aliphatic heterocycles. The molecular formula is C19H16O2. The minimum atomic E-state index is -1.25. The highest BCUT2D eigenvalue weighted by Gasteiger charge is 2.35. The summed E-state index contributed by atoms with van der Waals surface area (Å²) in [5.41, 5.74) is 0.499. The molecule has 1 aliphatic carbocycles. The first-order chi connectivity index (χ1) is 10.1. The maximum absolute atomic E-state index is 10.6. The monoisotopic (exact) mass is 276 g/mol. The van der Waals surface area contributed by atoms with Gasteiger partial charge in [-0.05, 0) is 51.7 Å². The van der Waals surface area contributed by atoms with E-state index in [1.807, 2.05) is 24.3 Å². The van der Waals surface area contributed by atoms with Gasteiger partial charge in [-0.2, -0.15) is 0 Å². The van der Waals surface area contributed by atoms with Crippen molar-refractivity contribution in [2.24, 2.45) is 0 Å². The molecule has 2 atom stereocenters. The van der Waals surface area contributed by atoms with Crippen LogP contribution in [0.1, 0.15) is 18.1 Å². The maximum Gasteiger partial charge on any atom is 0.117 e. The van der Waals surface area contributed by atoms with Crippen molar-refractivity contribution < 1.29 is 10.2 Å². The molecule has 0 fully saturated rings. The Morgan fingerprint density at radius 1 is 0.952 bits per heavy atom. The highest BCUT2D eigenvalue weighted by Crippen LogP contribution is 2.37. The highest BCUT2D eigenvalue weighted by atomic mass is 16.3. The van der Waals surface area contributed by atoms with Crippen LogP contribution in [0, 0.1) is 0 Å². The Hall–Kier alpha value is -2.16. The molecule has 0 bridgehead atoms. The van der Waals surface area contributed by atoms with Crippen LogP contribution in [0.25, 0.3) is 27.6 Å². The van der Waals surface area contributed by atoms with Gasteiger partial charge in [-0.3, -0.25) is 0 Å². The fourth-order valence-electron chi connectivity index (χ4n) is 3.19. The number of rotatable bonds is 0. The third kappa shape index (κ3) is 1.73. The lowest BCUT2D eigenvalue weighted by atomic mass is 9.81. The van der Waals surface area contributed by atoms with Gasteiger partial charge in [0.25, 0.3) is 0 Å². The van der Waals surface area contributed by atoms with E-state index in [2.05, 4.69) is 30.3 Å². The summed E-state index contributed by atoms with van der Waals surface area (Å²) < 4.78 is 0. The number of benzene rings is 3. The van der Waals surface area contributed by atoms with Crippen molar-refractivity contribution in [3.8, 4) is 0 Å². The quantitative estimate of drug-likeness (QED) is 0.616. The minimum absolute atomic E-state index is 0.778. The molecule has 0 aromatic heterocycles. The van der Waals surface area contributed by atoms with E-state index in [9.17, 15) is 10.2 Å². The van der Waals surface area contributed by atoms with E-state index in [1.54, 1.807) is 13.0 Å². The molecule has 2 N–H and O–H groups in total. The largest absolute Gasteiger partial charge is 0.386 e. The van der Waals surface area contributed by atoms with Gasteiger partial charge in [0.05, 0.1) is 0 Å². The predicted molar refractivity (Wildman–Crippen MR) is 86.1 cm³/mol. The zero-order valence-corrected chi connectivity index (χ0v) is 11.7. The summed E-state index contributed by atoms with van der Waals surface area (Å²) >= 11 is 0. The van der Waals surface area contributed by atoms with Crippen molar-refractivity contribution >= 4 is 27.6 Å². The van der Waals surface area contributed by atoms with Crippen LogP contribution in [-0.4, -0.2) is 16.3 Å². The zero-order chi connectivity index (χ0) is 14.6. The van der Waals surface area contributed by atoms with Crippen molar-refractivity contribution in [3.63, 3.8) is 0 Å². The van der Waals surface area contributed by atoms with Crippen LogP contribution in [0.5, 0.6) is 0 Å². The van der Waals surface area contributed by atoms with Gasteiger partial charge in [0.2, 0.25) is 0 Å². The summed E-state index contributed by atoms with van der Waals surface area (Å²) in [6.45, 7) is 1.66. The molecule has 2 nitrogen and oxygen atoms in total. The third-order valence-corrected chi connectivity index (χ3v) is 4.49. The molecule has 0 heterocycles. The molecule has 4 rings (SSSR count). The van der Waals surface area contributed by atoms with Crippen LogP contribution < -0.4 is 0 Å². The summed E-state index contributed by atoms with van der Waals surface area (Å²) in [6.07, 6.45) is 2.67. The molecule has 0 spiro atoms. The fraction of sp³-hybridized carbons (Fsp3) is 0.158. The molecule has 0 saturated carbocycles. The molecule has 21 heavy (non-hydrogen) atoms. The van der Waals surface area contributed by atoms with Crippen molar-refractivity contribution in [2.45, 2.75) is 18.6 Å². The first kappa shape index (κ1) is 12.6. The van der Waals surface area contributed by atoms with Crippen molar-refractivity contribution in [3.05, 3.63) is 65.7 Å². The van der Waals surface area contributed by atoms with Gasteiger partial charge in [-0.1, -0.05) is 48.6 Å². The second-order valence-electron chi connectivity index (χ2n) is 5.90. The summed E-state index contributed by atoms with van der Waals surface area (Å²) in [7, 11) is 0. The predicted octanol–water partition coefficient (Wildman–Crippen LogP) is 3.59. The first-order valence-corrected chi connectivity index (χ1v) is 7.12. The van der Waals surface area contributed by atoms with Gasteiger partial charge in [0, 0.05) is 0 Å². The Bertz CT molecular complexity index is 891. The highest BCUT2D eigenvalue weighted by molar-refractivity contribution is 6.08. The Morgan fingerprint density at radius 3 is 2.57 bits per heavy atom. The second kappa shape index (κ2) is 4.17. The minimum Gasteiger partial charge on any atom is -0.386 e. The van der Waals surface area contributed by atoms with E-state index in [4.69, 9.17) is 0 Å². The van der Waals surface area contributed by atoms with Crippen LogP contribution in [0.15, 0.2) is 54.6 Å². The lowest BCUT2D eigenvalue weighted by Crippen LogP contribution is -2.37. The Morgan fingerprint density at radius 2 is 1.71 bits per heavy atom. The summed E-state index contributed by atoms with van der Waals surface area (Å²) in [5.74, 6) is 0. The van der Waals surface area contributed by atoms with E-state index in [0.29, 0.717) is 0 Å². The van der Waals surface area contributed by atoms with Gasteiger partial charge >= 0.3 is 0 Å². The third-order valence-electron chi connectivity index (χ3n) is 4.49. The van der Waals surface area contributed by atoms with E-state index in [1.165, 1.54) is 16.2 Å². The number of hydrogen-bond donors (Lipinski definition) is 2. The van der Waals surface area contributed by atoms with Crippen molar-refractivity contribution in [1.82, 2.24) is 0 Å². The molecule has 0 saturated heterocycles. The van der Waals surface area contributed by atoms with E-state index in [-0.39, 0.29) is 0 Å². The van der Waals surface area contributed by atoms with Gasteiger partial charge in [0.1, 0.15) is 11.7 Å². The van der Waals surface area contributed by atoms with Crippen molar-refractivity contribution in [2.75, 3.05) is 0 Å². The van der Waals surface area contributed by atoms with Crippen LogP contribution in [0.3, 0.4) is 0 Å². The molecule has 3 aromatic carbocycles. The van der Waals surface area contributed by atoms with E-state index in [0.717, 1.165) is 16.5 Å². The molecule has 2 unspecified atom stereocenters. The molecule has 2 heteroatoms. The van der Waals surface area contributed by atoms with Crippen LogP contribution in [0.4, 0.5) is 0 Å². The first-order valence-electron chi connectivity index (χ1n) is 7.12. The van der Waals surface area contributed by atoms with Gasteiger partial charge in [-0.15, -0.1) is 0 Å². The molecule has 0 amide bonds. The smallest absolute Gasteiger partial charge is 0.117 e. The molecule has 3 aromatic rings. The summed E-state index contributed by atoms with van der Waals surface area (Å²) in [6, 6.07) is 16.5. The fourth-order valence-corrected chi connectivity index (χ4v) is 3.19. The Balaban J connectivity index is 2.11. The summed E-state index contributed by atoms with van der Waals surface area (Å²) in [5, 5.41) is 25.2. The van der Waals surface area contributed by atoms with Crippen LogP contribution >= 0.6 is 0 Å². The molecular weight excluding hydrogens is 260 g/mol. The van der Waals surface area contributed by atoms with Gasteiger partial charge in [0.15, 0.2) is 0 Å². The van der Waals surface area contributed by atoms with E-state index >= 15 is 0 Å². The van der Waals surface area contributed by atoms with E-state index < -0.39 is 11.7 Å². The SMILES string of the molecule is CC1(O)c2cc3ccc4ccccc4c3cc2C=CC1O. The van der Waals surface area contributed by atoms with Crippen molar-refractivity contribution in [1.29, 1.82) is 0 Å². The average molecular weight is 276 g/mol. The van der Waals surface area contributed by atoms with Gasteiger partial charge in [-0.25, -0.2) is 0 Å². The Kier molecular flexibility index (Phi) is 2.49. The molecule has 1 aliphatic rings. The normalized spacial score (nSPS) is 24.4.